The molecule has 29 heavy (non-hydrogen) atoms. The Bertz CT molecular complexity index is 1120. The first-order valence-corrected chi connectivity index (χ1v) is 10.5. The molecule has 0 aromatic heterocycles. The Morgan fingerprint density at radius 2 is 0.621 bits per heavy atom. The molecule has 0 nitrogen and oxygen atoms in total. The minimum absolute atomic E-state index is 0.210. The second-order valence-electron chi connectivity index (χ2n) is 8.95. The lowest BCUT2D eigenvalue weighted by atomic mass is 9.70. The normalized spacial score (nSPS) is 14.5. The van der Waals surface area contributed by atoms with Gasteiger partial charge in [-0.1, -0.05) is 95.1 Å². The Hall–Kier alpha value is -3.12. The lowest BCUT2D eigenvalue weighted by Crippen LogP contribution is -2.25. The molecular weight excluding hydrogens is 348 g/mol. The van der Waals surface area contributed by atoms with Gasteiger partial charge in [-0.25, -0.2) is 0 Å². The highest BCUT2D eigenvalue weighted by Gasteiger charge is 2.51. The van der Waals surface area contributed by atoms with Crippen LogP contribution in [0.25, 0.3) is 22.3 Å². The molecule has 4 aromatic rings. The summed E-state index contributed by atoms with van der Waals surface area (Å²) in [5.74, 6) is 0. The number of hydrogen-bond donors (Lipinski definition) is 0. The molecule has 0 bridgehead atoms. The molecule has 0 aliphatic heterocycles. The van der Waals surface area contributed by atoms with Crippen LogP contribution >= 0.6 is 0 Å². The van der Waals surface area contributed by atoms with Gasteiger partial charge in [-0.3, -0.25) is 0 Å². The Morgan fingerprint density at radius 1 is 0.379 bits per heavy atom. The molecule has 1 spiro atoms. The highest BCUT2D eigenvalue weighted by atomic mass is 14.5. The largest absolute Gasteiger partial charge is 0.0725 e. The molecule has 0 N–H and O–H groups in total. The van der Waals surface area contributed by atoms with Gasteiger partial charge in [0, 0.05) is 0 Å². The van der Waals surface area contributed by atoms with E-state index < -0.39 is 0 Å². The summed E-state index contributed by atoms with van der Waals surface area (Å²) in [6.45, 7) is 8.79. The van der Waals surface area contributed by atoms with Gasteiger partial charge in [-0.2, -0.15) is 0 Å². The maximum atomic E-state index is 2.38. The van der Waals surface area contributed by atoms with Gasteiger partial charge in [-0.05, 0) is 72.2 Å². The number of fused-ring (bicyclic) bond motifs is 10. The summed E-state index contributed by atoms with van der Waals surface area (Å²) >= 11 is 0. The predicted molar refractivity (Wildman–Crippen MR) is 122 cm³/mol. The minimum atomic E-state index is -0.210. The fraction of sp³-hybridized carbons (Fsp3) is 0.172. The molecule has 0 fully saturated rings. The SMILES string of the molecule is Cc1ccc2c(c1)-c1cc(C)ccc1C21c2ccc(C)cc2-c2cc(C)ccc21. The summed E-state index contributed by atoms with van der Waals surface area (Å²) in [7, 11) is 0. The first-order chi connectivity index (χ1) is 14.0. The van der Waals surface area contributed by atoms with Gasteiger partial charge in [-0.15, -0.1) is 0 Å². The van der Waals surface area contributed by atoms with Crippen molar-refractivity contribution in [2.75, 3.05) is 0 Å². The van der Waals surface area contributed by atoms with Gasteiger partial charge >= 0.3 is 0 Å². The van der Waals surface area contributed by atoms with Crippen molar-refractivity contribution in [3.8, 4) is 22.3 Å². The predicted octanol–water partition coefficient (Wildman–Crippen LogP) is 7.26. The molecule has 0 heterocycles. The van der Waals surface area contributed by atoms with Crippen LogP contribution in [0.15, 0.2) is 72.8 Å². The van der Waals surface area contributed by atoms with E-state index in [1.54, 1.807) is 0 Å². The quantitative estimate of drug-likeness (QED) is 0.263. The lowest BCUT2D eigenvalue weighted by Gasteiger charge is -2.30. The van der Waals surface area contributed by atoms with E-state index in [1.807, 2.05) is 0 Å². The maximum absolute atomic E-state index is 2.38. The first-order valence-electron chi connectivity index (χ1n) is 10.5. The molecule has 6 rings (SSSR count). The molecule has 0 radical (unpaired) electrons. The molecule has 2 aliphatic carbocycles. The third kappa shape index (κ3) is 1.99. The fourth-order valence-corrected chi connectivity index (χ4v) is 5.70. The fourth-order valence-electron chi connectivity index (χ4n) is 5.70. The molecule has 0 unspecified atom stereocenters. The van der Waals surface area contributed by atoms with E-state index in [0.717, 1.165) is 0 Å². The molecule has 140 valence electrons. The van der Waals surface area contributed by atoms with Gasteiger partial charge in [0.15, 0.2) is 0 Å². The molecule has 0 saturated carbocycles. The van der Waals surface area contributed by atoms with Crippen LogP contribution in [0.4, 0.5) is 0 Å². The average Bonchev–Trinajstić information content (AvgIpc) is 3.13. The molecule has 0 atom stereocenters. The topological polar surface area (TPSA) is 0 Å². The Morgan fingerprint density at radius 3 is 0.862 bits per heavy atom. The smallest absolute Gasteiger partial charge is 0.0590 e. The van der Waals surface area contributed by atoms with Crippen LogP contribution in [0.5, 0.6) is 0 Å². The van der Waals surface area contributed by atoms with Gasteiger partial charge in [0.05, 0.1) is 5.41 Å². The minimum Gasteiger partial charge on any atom is -0.0590 e. The van der Waals surface area contributed by atoms with Gasteiger partial charge < -0.3 is 0 Å². The van der Waals surface area contributed by atoms with Crippen LogP contribution < -0.4 is 0 Å². The van der Waals surface area contributed by atoms with Crippen molar-refractivity contribution in [2.45, 2.75) is 33.1 Å². The summed E-state index contributed by atoms with van der Waals surface area (Å²) in [4.78, 5) is 0. The zero-order valence-corrected chi connectivity index (χ0v) is 17.4. The Kier molecular flexibility index (Phi) is 3.17. The standard InChI is InChI=1S/C29H24/c1-17-5-9-25-21(13-17)22-14-18(2)6-10-26(22)29(25)27-11-7-19(3)15-23(27)24-16-20(4)8-12-28(24)29/h5-16H,1-4H3. The number of rotatable bonds is 0. The second-order valence-corrected chi connectivity index (χ2v) is 8.95. The van der Waals surface area contributed by atoms with Crippen molar-refractivity contribution in [3.63, 3.8) is 0 Å². The summed E-state index contributed by atoms with van der Waals surface area (Å²) in [6.07, 6.45) is 0. The Labute approximate surface area is 172 Å². The molecule has 0 heteroatoms. The van der Waals surface area contributed by atoms with Crippen molar-refractivity contribution in [2.24, 2.45) is 0 Å². The van der Waals surface area contributed by atoms with Crippen LogP contribution in [0.3, 0.4) is 0 Å². The lowest BCUT2D eigenvalue weighted by molar-refractivity contribution is 0.792. The van der Waals surface area contributed by atoms with Gasteiger partial charge in [0.2, 0.25) is 0 Å². The molecule has 0 amide bonds. The summed E-state index contributed by atoms with van der Waals surface area (Å²) in [5, 5.41) is 0. The average molecular weight is 373 g/mol. The highest BCUT2D eigenvalue weighted by Crippen LogP contribution is 2.63. The van der Waals surface area contributed by atoms with E-state index in [9.17, 15) is 0 Å². The van der Waals surface area contributed by atoms with Crippen molar-refractivity contribution in [1.29, 1.82) is 0 Å². The van der Waals surface area contributed by atoms with E-state index in [0.29, 0.717) is 0 Å². The van der Waals surface area contributed by atoms with Crippen molar-refractivity contribution in [3.05, 3.63) is 117 Å². The van der Waals surface area contributed by atoms with Crippen molar-refractivity contribution in [1.82, 2.24) is 0 Å². The number of benzene rings is 4. The zero-order chi connectivity index (χ0) is 19.9. The number of hydrogen-bond acceptors (Lipinski definition) is 0. The van der Waals surface area contributed by atoms with Crippen LogP contribution in [-0.4, -0.2) is 0 Å². The van der Waals surface area contributed by atoms with Crippen LogP contribution in [0.2, 0.25) is 0 Å². The summed E-state index contributed by atoms with van der Waals surface area (Å²) < 4.78 is 0. The third-order valence-electron chi connectivity index (χ3n) is 6.90. The first kappa shape index (κ1) is 16.8. The van der Waals surface area contributed by atoms with Crippen molar-refractivity contribution >= 4 is 0 Å². The maximum Gasteiger partial charge on any atom is 0.0725 e. The van der Waals surface area contributed by atoms with E-state index in [4.69, 9.17) is 0 Å². The molecule has 2 aliphatic rings. The Balaban J connectivity index is 1.85. The van der Waals surface area contributed by atoms with Crippen LogP contribution in [0.1, 0.15) is 44.5 Å². The zero-order valence-electron chi connectivity index (χ0n) is 17.4. The van der Waals surface area contributed by atoms with Crippen LogP contribution in [0, 0.1) is 27.7 Å². The highest BCUT2D eigenvalue weighted by molar-refractivity contribution is 5.95. The molecule has 0 saturated heterocycles. The second kappa shape index (κ2) is 5.48. The van der Waals surface area contributed by atoms with E-state index in [-0.39, 0.29) is 5.41 Å². The summed E-state index contributed by atoms with van der Waals surface area (Å²) in [6, 6.07) is 28.1. The van der Waals surface area contributed by atoms with E-state index in [2.05, 4.69) is 100 Å². The van der Waals surface area contributed by atoms with Crippen LogP contribution in [-0.2, 0) is 5.41 Å². The van der Waals surface area contributed by atoms with Crippen molar-refractivity contribution < 1.29 is 0 Å². The van der Waals surface area contributed by atoms with Gasteiger partial charge in [0.1, 0.15) is 0 Å². The van der Waals surface area contributed by atoms with Gasteiger partial charge in [0.25, 0.3) is 0 Å². The van der Waals surface area contributed by atoms with E-state index >= 15 is 0 Å². The number of aryl methyl sites for hydroxylation is 4. The molecular formula is C29H24. The molecule has 4 aromatic carbocycles. The van der Waals surface area contributed by atoms with E-state index in [1.165, 1.54) is 66.8 Å². The monoisotopic (exact) mass is 372 g/mol. The third-order valence-corrected chi connectivity index (χ3v) is 6.90. The summed E-state index contributed by atoms with van der Waals surface area (Å²) in [5.41, 5.74) is 16.3.